The Balaban J connectivity index is 2.46. The average molecular weight is 339 g/mol. The Bertz CT molecular complexity index is 750. The van der Waals surface area contributed by atoms with Gasteiger partial charge in [-0.1, -0.05) is 53.0 Å². The first-order valence-electron chi connectivity index (χ1n) is 6.09. The fraction of sp³-hybridized carbons (Fsp3) is 0.125. The van der Waals surface area contributed by atoms with Crippen LogP contribution in [0, 0.1) is 18.3 Å². The van der Waals surface area contributed by atoms with Crippen molar-refractivity contribution in [2.75, 3.05) is 0 Å². The molecule has 2 rings (SSSR count). The van der Waals surface area contributed by atoms with Gasteiger partial charge in [0.2, 0.25) is 0 Å². The topological polar surface area (TPSA) is 40.9 Å². The molecule has 0 aliphatic heterocycles. The highest BCUT2D eigenvalue weighted by Gasteiger charge is 2.24. The van der Waals surface area contributed by atoms with Crippen LogP contribution in [0.25, 0.3) is 0 Å². The number of carbonyl (C=O) groups excluding carboxylic acids is 1. The molecule has 0 bridgehead atoms. The molecule has 1 atom stereocenters. The first-order chi connectivity index (χ1) is 9.95. The molecule has 0 aliphatic rings. The molecule has 2 aromatic carbocycles. The van der Waals surface area contributed by atoms with E-state index in [1.165, 1.54) is 6.07 Å². The van der Waals surface area contributed by atoms with Gasteiger partial charge in [0.05, 0.1) is 16.1 Å². The van der Waals surface area contributed by atoms with Crippen LogP contribution in [0.2, 0.25) is 15.1 Å². The van der Waals surface area contributed by atoms with Crippen molar-refractivity contribution in [3.05, 3.63) is 68.2 Å². The summed E-state index contributed by atoms with van der Waals surface area (Å²) in [5.41, 5.74) is 1.60. The van der Waals surface area contributed by atoms with Crippen molar-refractivity contribution >= 4 is 40.6 Å². The Morgan fingerprint density at radius 1 is 1.10 bits per heavy atom. The maximum Gasteiger partial charge on any atom is 0.184 e. The molecule has 0 spiro atoms. The van der Waals surface area contributed by atoms with E-state index in [1.54, 1.807) is 37.3 Å². The van der Waals surface area contributed by atoms with Crippen LogP contribution >= 0.6 is 34.8 Å². The summed E-state index contributed by atoms with van der Waals surface area (Å²) in [6.45, 7) is 1.75. The maximum absolute atomic E-state index is 12.6. The van der Waals surface area contributed by atoms with Gasteiger partial charge in [-0.05, 0) is 36.2 Å². The third-order valence-electron chi connectivity index (χ3n) is 3.20. The summed E-state index contributed by atoms with van der Waals surface area (Å²) in [5, 5.41) is 10.5. The van der Waals surface area contributed by atoms with Crippen LogP contribution in [0.1, 0.15) is 27.4 Å². The van der Waals surface area contributed by atoms with Crippen LogP contribution in [0.15, 0.2) is 36.4 Å². The second-order valence-electron chi connectivity index (χ2n) is 4.51. The zero-order valence-corrected chi connectivity index (χ0v) is 13.3. The summed E-state index contributed by atoms with van der Waals surface area (Å²) in [5.74, 6) is -1.26. The summed E-state index contributed by atoms with van der Waals surface area (Å²) in [6, 6.07) is 11.8. The van der Waals surface area contributed by atoms with Crippen LogP contribution in [-0.2, 0) is 0 Å². The minimum Gasteiger partial charge on any atom is -0.292 e. The molecule has 0 heterocycles. The van der Waals surface area contributed by atoms with Crippen LogP contribution in [0.4, 0.5) is 0 Å². The number of halogens is 3. The Morgan fingerprint density at radius 3 is 2.43 bits per heavy atom. The lowest BCUT2D eigenvalue weighted by atomic mass is 9.90. The number of nitrogens with zero attached hydrogens (tertiary/aromatic N) is 1. The van der Waals surface area contributed by atoms with Gasteiger partial charge < -0.3 is 0 Å². The van der Waals surface area contributed by atoms with E-state index in [4.69, 9.17) is 34.8 Å². The van der Waals surface area contributed by atoms with Crippen molar-refractivity contribution in [1.82, 2.24) is 0 Å². The summed E-state index contributed by atoms with van der Waals surface area (Å²) >= 11 is 17.8. The fourth-order valence-corrected chi connectivity index (χ4v) is 2.49. The Hall–Kier alpha value is -1.53. The Labute approximate surface area is 137 Å². The molecule has 2 nitrogen and oxygen atoms in total. The maximum atomic E-state index is 12.6. The van der Waals surface area contributed by atoms with E-state index in [0.717, 1.165) is 0 Å². The number of hydrogen-bond acceptors (Lipinski definition) is 2. The summed E-state index contributed by atoms with van der Waals surface area (Å²) in [6.07, 6.45) is 0. The Morgan fingerprint density at radius 2 is 1.81 bits per heavy atom. The lowest BCUT2D eigenvalue weighted by molar-refractivity contribution is 0.0978. The summed E-state index contributed by atoms with van der Waals surface area (Å²) < 4.78 is 0. The normalized spacial score (nSPS) is 11.8. The molecule has 0 saturated heterocycles. The zero-order valence-electron chi connectivity index (χ0n) is 11.0. The largest absolute Gasteiger partial charge is 0.292 e. The number of carbonyl (C=O) groups is 1. The molecule has 0 N–H and O–H groups in total. The van der Waals surface area contributed by atoms with E-state index in [1.807, 2.05) is 6.07 Å². The van der Waals surface area contributed by atoms with Gasteiger partial charge in [-0.3, -0.25) is 4.79 Å². The molecule has 0 amide bonds. The highest BCUT2D eigenvalue weighted by atomic mass is 35.5. The first kappa shape index (κ1) is 15.9. The lowest BCUT2D eigenvalue weighted by Crippen LogP contribution is -2.13. The van der Waals surface area contributed by atoms with Crippen molar-refractivity contribution in [3.8, 4) is 6.07 Å². The van der Waals surface area contributed by atoms with Crippen molar-refractivity contribution in [2.24, 2.45) is 0 Å². The number of nitriles is 1. The van der Waals surface area contributed by atoms with E-state index in [-0.39, 0.29) is 5.78 Å². The van der Waals surface area contributed by atoms with Gasteiger partial charge in [0.25, 0.3) is 0 Å². The summed E-state index contributed by atoms with van der Waals surface area (Å²) in [7, 11) is 0. The molecule has 1 unspecified atom stereocenters. The molecule has 5 heteroatoms. The zero-order chi connectivity index (χ0) is 15.6. The predicted molar refractivity (Wildman–Crippen MR) is 85.3 cm³/mol. The highest BCUT2D eigenvalue weighted by Crippen LogP contribution is 2.30. The van der Waals surface area contributed by atoms with Gasteiger partial charge in [-0.2, -0.15) is 5.26 Å². The summed E-state index contributed by atoms with van der Waals surface area (Å²) in [4.78, 5) is 12.6. The number of ketones is 1. The average Bonchev–Trinajstić information content (AvgIpc) is 2.46. The van der Waals surface area contributed by atoms with Gasteiger partial charge in [-0.25, -0.2) is 0 Å². The predicted octanol–water partition coefficient (Wildman–Crippen LogP) is 5.45. The van der Waals surface area contributed by atoms with Gasteiger partial charge in [0.1, 0.15) is 5.92 Å². The minimum atomic E-state index is -0.947. The van der Waals surface area contributed by atoms with Crippen molar-refractivity contribution < 1.29 is 4.79 Å². The van der Waals surface area contributed by atoms with E-state index < -0.39 is 5.92 Å². The minimum absolute atomic E-state index is 0.309. The monoisotopic (exact) mass is 337 g/mol. The van der Waals surface area contributed by atoms with Crippen molar-refractivity contribution in [2.45, 2.75) is 12.8 Å². The molecule has 0 aromatic heterocycles. The fourth-order valence-electron chi connectivity index (χ4n) is 2.01. The van der Waals surface area contributed by atoms with E-state index >= 15 is 0 Å². The molecule has 0 aliphatic carbocycles. The van der Waals surface area contributed by atoms with E-state index in [2.05, 4.69) is 0 Å². The molecule has 0 radical (unpaired) electrons. The number of rotatable bonds is 3. The lowest BCUT2D eigenvalue weighted by Gasteiger charge is -2.12. The van der Waals surface area contributed by atoms with Crippen molar-refractivity contribution in [3.63, 3.8) is 0 Å². The van der Waals surface area contributed by atoms with E-state index in [0.29, 0.717) is 31.8 Å². The second kappa shape index (κ2) is 6.49. The van der Waals surface area contributed by atoms with Gasteiger partial charge in [0.15, 0.2) is 5.78 Å². The van der Waals surface area contributed by atoms with Gasteiger partial charge >= 0.3 is 0 Å². The quantitative estimate of drug-likeness (QED) is 0.699. The highest BCUT2D eigenvalue weighted by molar-refractivity contribution is 6.42. The number of hydrogen-bond donors (Lipinski definition) is 0. The van der Waals surface area contributed by atoms with Crippen LogP contribution in [-0.4, -0.2) is 5.78 Å². The molecule has 0 saturated carbocycles. The third-order valence-corrected chi connectivity index (χ3v) is 4.35. The third kappa shape index (κ3) is 3.22. The molecular formula is C16H10Cl3NO. The molecule has 21 heavy (non-hydrogen) atoms. The van der Waals surface area contributed by atoms with Crippen molar-refractivity contribution in [1.29, 1.82) is 5.26 Å². The number of benzene rings is 2. The van der Waals surface area contributed by atoms with Crippen LogP contribution in [0.5, 0.6) is 0 Å². The van der Waals surface area contributed by atoms with E-state index in [9.17, 15) is 10.1 Å². The van der Waals surface area contributed by atoms with Crippen LogP contribution < -0.4 is 0 Å². The Kier molecular flexibility index (Phi) is 4.90. The van der Waals surface area contributed by atoms with Crippen LogP contribution in [0.3, 0.4) is 0 Å². The second-order valence-corrected chi connectivity index (χ2v) is 5.73. The first-order valence-corrected chi connectivity index (χ1v) is 7.23. The smallest absolute Gasteiger partial charge is 0.184 e. The molecule has 106 valence electrons. The number of Topliss-reactive ketones (excluding diaryl/α,β-unsaturated/α-hetero) is 1. The standard InChI is InChI=1S/C16H10Cl3NO/c1-9-11(3-2-4-13(9)17)16(21)12(8-20)10-5-6-14(18)15(19)7-10/h2-7,12H,1H3. The molecule has 2 aromatic rings. The SMILES string of the molecule is Cc1c(Cl)cccc1C(=O)C(C#N)c1ccc(Cl)c(Cl)c1. The molecular weight excluding hydrogens is 329 g/mol. The van der Waals surface area contributed by atoms with Gasteiger partial charge in [-0.15, -0.1) is 0 Å². The molecule has 0 fully saturated rings. The van der Waals surface area contributed by atoms with Gasteiger partial charge in [0, 0.05) is 10.6 Å².